The van der Waals surface area contributed by atoms with Crippen molar-refractivity contribution in [2.24, 2.45) is 4.99 Å². The van der Waals surface area contributed by atoms with Gasteiger partial charge in [-0.2, -0.15) is 0 Å². The molecule has 0 radical (unpaired) electrons. The van der Waals surface area contributed by atoms with Crippen LogP contribution in [0.25, 0.3) is 0 Å². The Balaban J connectivity index is 0.00000288. The van der Waals surface area contributed by atoms with Crippen LogP contribution in [0.1, 0.15) is 10.4 Å². The van der Waals surface area contributed by atoms with E-state index in [0.717, 1.165) is 41.1 Å². The van der Waals surface area contributed by atoms with E-state index in [4.69, 9.17) is 16.3 Å². The fourth-order valence-electron chi connectivity index (χ4n) is 2.33. The van der Waals surface area contributed by atoms with Crippen LogP contribution in [0.2, 0.25) is 4.34 Å². The molecule has 0 saturated heterocycles. The standard InChI is InChI=1S/C17H22ClN3OS.HI/c1-19-17(20-11-10-14-8-9-16(18)23-14)21(2)12-13-6-4-5-7-15(13)22-3;/h4-9H,10-12H2,1-3H3,(H,19,20);1H. The smallest absolute Gasteiger partial charge is 0.193 e. The molecule has 0 aliphatic heterocycles. The molecule has 0 aliphatic rings. The molecule has 1 heterocycles. The fraction of sp³-hybridized carbons (Fsp3) is 0.353. The van der Waals surface area contributed by atoms with Crippen LogP contribution in [0.3, 0.4) is 0 Å². The van der Waals surface area contributed by atoms with E-state index in [1.165, 1.54) is 4.88 Å². The Labute approximate surface area is 169 Å². The normalized spacial score (nSPS) is 10.9. The van der Waals surface area contributed by atoms with Crippen molar-refractivity contribution in [3.8, 4) is 5.75 Å². The van der Waals surface area contributed by atoms with E-state index in [1.807, 2.05) is 31.3 Å². The van der Waals surface area contributed by atoms with Crippen molar-refractivity contribution >= 4 is 52.9 Å². The van der Waals surface area contributed by atoms with Crippen molar-refractivity contribution in [1.29, 1.82) is 0 Å². The third kappa shape index (κ3) is 6.14. The lowest BCUT2D eigenvalue weighted by molar-refractivity contribution is 0.396. The van der Waals surface area contributed by atoms with E-state index in [2.05, 4.69) is 27.3 Å². The number of hydrogen-bond donors (Lipinski definition) is 1. The Bertz CT molecular complexity index is 663. The van der Waals surface area contributed by atoms with Crippen LogP contribution < -0.4 is 10.1 Å². The van der Waals surface area contributed by atoms with Gasteiger partial charge in [-0.1, -0.05) is 29.8 Å². The number of thiophene rings is 1. The van der Waals surface area contributed by atoms with Gasteiger partial charge in [-0.25, -0.2) is 0 Å². The molecule has 1 aromatic carbocycles. The van der Waals surface area contributed by atoms with Crippen LogP contribution in [0, 0.1) is 0 Å². The number of rotatable bonds is 6. The molecule has 0 atom stereocenters. The number of nitrogens with one attached hydrogen (secondary N) is 1. The van der Waals surface area contributed by atoms with E-state index in [9.17, 15) is 0 Å². The largest absolute Gasteiger partial charge is 0.496 e. The molecule has 7 heteroatoms. The zero-order valence-corrected chi connectivity index (χ0v) is 18.0. The van der Waals surface area contributed by atoms with Crippen molar-refractivity contribution in [3.63, 3.8) is 0 Å². The fourth-order valence-corrected chi connectivity index (χ4v) is 3.42. The molecule has 0 aliphatic carbocycles. The molecule has 0 fully saturated rings. The summed E-state index contributed by atoms with van der Waals surface area (Å²) in [6, 6.07) is 12.0. The van der Waals surface area contributed by atoms with Gasteiger partial charge in [-0.05, 0) is 24.6 Å². The maximum Gasteiger partial charge on any atom is 0.193 e. The highest BCUT2D eigenvalue weighted by atomic mass is 127. The molecular weight excluding hydrogens is 457 g/mol. The quantitative estimate of drug-likeness (QED) is 0.382. The SMILES string of the molecule is CN=C(NCCc1ccc(Cl)s1)N(C)Cc1ccccc1OC.I. The van der Waals surface area contributed by atoms with Crippen LogP contribution in [0.15, 0.2) is 41.4 Å². The molecule has 2 aromatic rings. The summed E-state index contributed by atoms with van der Waals surface area (Å²) in [5.74, 6) is 1.75. The topological polar surface area (TPSA) is 36.9 Å². The third-order valence-electron chi connectivity index (χ3n) is 3.46. The zero-order valence-electron chi connectivity index (χ0n) is 14.1. The van der Waals surface area contributed by atoms with Crippen molar-refractivity contribution in [1.82, 2.24) is 10.2 Å². The van der Waals surface area contributed by atoms with Gasteiger partial charge in [0.05, 0.1) is 11.4 Å². The summed E-state index contributed by atoms with van der Waals surface area (Å²) in [4.78, 5) is 7.70. The van der Waals surface area contributed by atoms with E-state index in [-0.39, 0.29) is 24.0 Å². The number of benzene rings is 1. The molecule has 0 amide bonds. The summed E-state index contributed by atoms with van der Waals surface area (Å²) in [5.41, 5.74) is 1.13. The van der Waals surface area contributed by atoms with Gasteiger partial charge in [0.2, 0.25) is 0 Å². The zero-order chi connectivity index (χ0) is 16.7. The predicted molar refractivity (Wildman–Crippen MR) is 114 cm³/mol. The average Bonchev–Trinajstić information content (AvgIpc) is 2.97. The van der Waals surface area contributed by atoms with Gasteiger partial charge in [0.1, 0.15) is 5.75 Å². The average molecular weight is 480 g/mol. The molecule has 0 spiro atoms. The van der Waals surface area contributed by atoms with E-state index >= 15 is 0 Å². The Morgan fingerprint density at radius 2 is 2.04 bits per heavy atom. The van der Waals surface area contributed by atoms with E-state index < -0.39 is 0 Å². The summed E-state index contributed by atoms with van der Waals surface area (Å²) in [5, 5.41) is 3.38. The van der Waals surface area contributed by atoms with Crippen molar-refractivity contribution in [2.45, 2.75) is 13.0 Å². The highest BCUT2D eigenvalue weighted by Crippen LogP contribution is 2.21. The third-order valence-corrected chi connectivity index (χ3v) is 4.75. The summed E-state index contributed by atoms with van der Waals surface area (Å²) >= 11 is 7.57. The lowest BCUT2D eigenvalue weighted by Crippen LogP contribution is -2.39. The number of nitrogens with zero attached hydrogens (tertiary/aromatic N) is 2. The van der Waals surface area contributed by atoms with Crippen LogP contribution in [0.5, 0.6) is 5.75 Å². The molecule has 0 bridgehead atoms. The Morgan fingerprint density at radius 1 is 1.29 bits per heavy atom. The first-order chi connectivity index (χ1) is 11.1. The number of ether oxygens (including phenoxy) is 1. The Kier molecular flexibility index (Phi) is 9.46. The van der Waals surface area contributed by atoms with Crippen LogP contribution in [0.4, 0.5) is 0 Å². The summed E-state index contributed by atoms with van der Waals surface area (Å²) < 4.78 is 6.23. The lowest BCUT2D eigenvalue weighted by Gasteiger charge is -2.23. The number of guanidine groups is 1. The Morgan fingerprint density at radius 3 is 2.67 bits per heavy atom. The second-order valence-electron chi connectivity index (χ2n) is 5.10. The van der Waals surface area contributed by atoms with Gasteiger partial charge in [-0.15, -0.1) is 35.3 Å². The van der Waals surface area contributed by atoms with Crippen LogP contribution >= 0.6 is 46.9 Å². The minimum Gasteiger partial charge on any atom is -0.496 e. The minimum atomic E-state index is 0. The number of para-hydroxylation sites is 1. The van der Waals surface area contributed by atoms with Gasteiger partial charge < -0.3 is 15.0 Å². The maximum atomic E-state index is 5.95. The summed E-state index contributed by atoms with van der Waals surface area (Å²) in [6.07, 6.45) is 0.929. The second-order valence-corrected chi connectivity index (χ2v) is 6.90. The Hall–Kier alpha value is -0.990. The van der Waals surface area contributed by atoms with Crippen LogP contribution in [-0.4, -0.2) is 38.6 Å². The predicted octanol–water partition coefficient (Wildman–Crippen LogP) is 4.28. The highest BCUT2D eigenvalue weighted by molar-refractivity contribution is 14.0. The monoisotopic (exact) mass is 479 g/mol. The van der Waals surface area contributed by atoms with Gasteiger partial charge in [-0.3, -0.25) is 4.99 Å². The molecule has 1 aromatic heterocycles. The number of halogens is 2. The summed E-state index contributed by atoms with van der Waals surface area (Å²) in [6.45, 7) is 1.55. The van der Waals surface area contributed by atoms with Gasteiger partial charge >= 0.3 is 0 Å². The van der Waals surface area contributed by atoms with Gasteiger partial charge in [0.25, 0.3) is 0 Å². The number of hydrogen-bond acceptors (Lipinski definition) is 3. The summed E-state index contributed by atoms with van der Waals surface area (Å²) in [7, 11) is 5.50. The van der Waals surface area contributed by atoms with Crippen molar-refractivity contribution in [2.75, 3.05) is 27.7 Å². The lowest BCUT2D eigenvalue weighted by atomic mass is 10.2. The minimum absolute atomic E-state index is 0. The first-order valence-corrected chi connectivity index (χ1v) is 8.61. The molecule has 4 nitrogen and oxygen atoms in total. The van der Waals surface area contributed by atoms with Gasteiger partial charge in [0, 0.05) is 37.6 Å². The molecule has 0 saturated carbocycles. The molecule has 2 rings (SSSR count). The number of methoxy groups -OCH3 is 1. The first kappa shape index (κ1) is 21.1. The molecule has 24 heavy (non-hydrogen) atoms. The van der Waals surface area contributed by atoms with E-state index in [0.29, 0.717) is 0 Å². The van der Waals surface area contributed by atoms with E-state index in [1.54, 1.807) is 25.5 Å². The van der Waals surface area contributed by atoms with Crippen molar-refractivity contribution in [3.05, 3.63) is 51.2 Å². The molecule has 132 valence electrons. The second kappa shape index (κ2) is 10.8. The van der Waals surface area contributed by atoms with Gasteiger partial charge in [0.15, 0.2) is 5.96 Å². The molecule has 0 unspecified atom stereocenters. The maximum absolute atomic E-state index is 5.95. The van der Waals surface area contributed by atoms with Crippen molar-refractivity contribution < 1.29 is 4.74 Å². The molecule has 1 N–H and O–H groups in total. The first-order valence-electron chi connectivity index (χ1n) is 7.42. The highest BCUT2D eigenvalue weighted by Gasteiger charge is 2.09. The van der Waals surface area contributed by atoms with Crippen LogP contribution in [-0.2, 0) is 13.0 Å². The number of aliphatic imine (C=N–C) groups is 1. The molecular formula is C17H23ClIN3OS.